The molecule has 1 atom stereocenters. The molecule has 0 radical (unpaired) electrons. The molecule has 242 valence electrons. The minimum Gasteiger partial charge on any atom is -0.350 e. The normalized spacial score (nSPS) is 12.3. The molecule has 0 heterocycles. The fourth-order valence-electron chi connectivity index (χ4n) is 4.82. The van der Waals surface area contributed by atoms with E-state index < -0.39 is 34.1 Å². The van der Waals surface area contributed by atoms with Gasteiger partial charge in [-0.25, -0.2) is 8.42 Å². The Balaban J connectivity index is 1.84. The van der Waals surface area contributed by atoms with Crippen LogP contribution in [0.2, 0.25) is 15.1 Å². The van der Waals surface area contributed by atoms with E-state index in [1.165, 1.54) is 35.2 Å². The molecular formula is C35H36Cl3N3O4S. The van der Waals surface area contributed by atoms with Gasteiger partial charge in [0.15, 0.2) is 0 Å². The van der Waals surface area contributed by atoms with E-state index in [-0.39, 0.29) is 39.5 Å². The maximum atomic E-state index is 14.6. The van der Waals surface area contributed by atoms with Gasteiger partial charge in [-0.05, 0) is 75.2 Å². The lowest BCUT2D eigenvalue weighted by atomic mass is 10.0. The molecule has 0 aliphatic rings. The molecule has 0 unspecified atom stereocenters. The molecule has 0 spiro atoms. The minimum atomic E-state index is -4.29. The number of hydrogen-bond donors (Lipinski definition) is 1. The zero-order valence-electron chi connectivity index (χ0n) is 26.0. The van der Waals surface area contributed by atoms with Crippen molar-refractivity contribution in [1.29, 1.82) is 0 Å². The summed E-state index contributed by atoms with van der Waals surface area (Å²) < 4.78 is 29.3. The van der Waals surface area contributed by atoms with E-state index in [1.54, 1.807) is 36.4 Å². The third-order valence-corrected chi connectivity index (χ3v) is 10.0. The van der Waals surface area contributed by atoms with Crippen LogP contribution in [0.15, 0.2) is 102 Å². The Morgan fingerprint density at radius 3 is 2.04 bits per heavy atom. The molecule has 0 saturated heterocycles. The first-order valence-electron chi connectivity index (χ1n) is 14.6. The van der Waals surface area contributed by atoms with Gasteiger partial charge in [-0.15, -0.1) is 0 Å². The second kappa shape index (κ2) is 14.9. The summed E-state index contributed by atoms with van der Waals surface area (Å²) in [7, 11) is -4.29. The van der Waals surface area contributed by atoms with Crippen LogP contribution in [0.25, 0.3) is 0 Å². The van der Waals surface area contributed by atoms with Gasteiger partial charge in [-0.2, -0.15) is 0 Å². The number of nitrogens with zero attached hydrogens (tertiary/aromatic N) is 2. The Morgan fingerprint density at radius 2 is 1.43 bits per heavy atom. The topological polar surface area (TPSA) is 86.8 Å². The van der Waals surface area contributed by atoms with Crippen LogP contribution in [0.4, 0.5) is 5.69 Å². The fourth-order valence-corrected chi connectivity index (χ4v) is 6.72. The summed E-state index contributed by atoms with van der Waals surface area (Å²) in [5.41, 5.74) is 1.82. The molecule has 0 bridgehead atoms. The summed E-state index contributed by atoms with van der Waals surface area (Å²) in [5, 5.41) is 3.76. The number of anilines is 1. The average Bonchev–Trinajstić information content (AvgIpc) is 2.99. The van der Waals surface area contributed by atoms with E-state index in [4.69, 9.17) is 34.8 Å². The monoisotopic (exact) mass is 699 g/mol. The Bertz CT molecular complexity index is 1790. The molecule has 11 heteroatoms. The number of nitrogens with one attached hydrogen (secondary N) is 1. The first-order valence-corrected chi connectivity index (χ1v) is 17.2. The SMILES string of the molecule is Cc1ccc(S(=O)(=O)N(CC(=O)N(Cc2ccccc2Cl)[C@H](Cc2ccccc2)C(=O)NC(C)(C)C)c2ccc(Cl)c(Cl)c2)cc1. The predicted octanol–water partition coefficient (Wildman–Crippen LogP) is 7.71. The second-order valence-corrected chi connectivity index (χ2v) is 15.1. The van der Waals surface area contributed by atoms with Gasteiger partial charge in [0.1, 0.15) is 12.6 Å². The van der Waals surface area contributed by atoms with Gasteiger partial charge in [-0.1, -0.05) is 101 Å². The molecule has 4 aromatic carbocycles. The lowest BCUT2D eigenvalue weighted by Crippen LogP contribution is -2.56. The lowest BCUT2D eigenvalue weighted by Gasteiger charge is -2.35. The number of rotatable bonds is 11. The summed E-state index contributed by atoms with van der Waals surface area (Å²) in [4.78, 5) is 29.9. The van der Waals surface area contributed by atoms with Crippen molar-refractivity contribution in [2.45, 2.75) is 57.1 Å². The summed E-state index contributed by atoms with van der Waals surface area (Å²) >= 11 is 19.0. The van der Waals surface area contributed by atoms with E-state index in [0.29, 0.717) is 10.6 Å². The van der Waals surface area contributed by atoms with Crippen LogP contribution >= 0.6 is 34.8 Å². The summed E-state index contributed by atoms with van der Waals surface area (Å²) in [5.74, 6) is -1.01. The highest BCUT2D eigenvalue weighted by atomic mass is 35.5. The largest absolute Gasteiger partial charge is 0.350 e. The number of benzene rings is 4. The van der Waals surface area contributed by atoms with Gasteiger partial charge in [0.05, 0.1) is 20.6 Å². The first-order chi connectivity index (χ1) is 21.7. The van der Waals surface area contributed by atoms with Crippen molar-refractivity contribution in [3.8, 4) is 0 Å². The third kappa shape index (κ3) is 9.04. The van der Waals surface area contributed by atoms with Crippen LogP contribution in [0.1, 0.15) is 37.5 Å². The number of carbonyl (C=O) groups excluding carboxylic acids is 2. The Morgan fingerprint density at radius 1 is 0.804 bits per heavy atom. The Hall–Kier alpha value is -3.56. The number of carbonyl (C=O) groups is 2. The van der Waals surface area contributed by atoms with Crippen molar-refractivity contribution >= 4 is 62.3 Å². The lowest BCUT2D eigenvalue weighted by molar-refractivity contribution is -0.140. The number of halogens is 3. The van der Waals surface area contributed by atoms with E-state index in [9.17, 15) is 18.0 Å². The first kappa shape index (κ1) is 35.3. The predicted molar refractivity (Wildman–Crippen MR) is 186 cm³/mol. The van der Waals surface area contributed by atoms with Gasteiger partial charge >= 0.3 is 0 Å². The van der Waals surface area contributed by atoms with Gasteiger partial charge in [0, 0.05) is 23.5 Å². The third-order valence-electron chi connectivity index (χ3n) is 7.15. The molecular weight excluding hydrogens is 665 g/mol. The molecule has 0 aromatic heterocycles. The summed E-state index contributed by atoms with van der Waals surface area (Å²) in [6.07, 6.45) is 0.177. The molecule has 0 fully saturated rings. The maximum Gasteiger partial charge on any atom is 0.264 e. The second-order valence-electron chi connectivity index (χ2n) is 12.0. The summed E-state index contributed by atoms with van der Waals surface area (Å²) in [6, 6.07) is 26.0. The molecule has 0 aliphatic heterocycles. The van der Waals surface area contributed by atoms with E-state index in [1.807, 2.05) is 58.0 Å². The van der Waals surface area contributed by atoms with E-state index in [0.717, 1.165) is 15.4 Å². The molecule has 1 N–H and O–H groups in total. The minimum absolute atomic E-state index is 0.0130. The molecule has 46 heavy (non-hydrogen) atoms. The van der Waals surface area contributed by atoms with Crippen molar-refractivity contribution in [3.63, 3.8) is 0 Å². The highest BCUT2D eigenvalue weighted by molar-refractivity contribution is 7.92. The molecule has 2 amide bonds. The zero-order chi connectivity index (χ0) is 33.6. The molecule has 7 nitrogen and oxygen atoms in total. The maximum absolute atomic E-state index is 14.6. The van der Waals surface area contributed by atoms with Crippen LogP contribution in [0.5, 0.6) is 0 Å². The van der Waals surface area contributed by atoms with Crippen LogP contribution in [0, 0.1) is 6.92 Å². The van der Waals surface area contributed by atoms with E-state index in [2.05, 4.69) is 5.32 Å². The van der Waals surface area contributed by atoms with Crippen molar-refractivity contribution in [1.82, 2.24) is 10.2 Å². The van der Waals surface area contributed by atoms with Gasteiger partial charge in [0.25, 0.3) is 10.0 Å². The van der Waals surface area contributed by atoms with Crippen LogP contribution in [0.3, 0.4) is 0 Å². The van der Waals surface area contributed by atoms with Crippen molar-refractivity contribution < 1.29 is 18.0 Å². The Labute approximate surface area is 286 Å². The van der Waals surface area contributed by atoms with Crippen molar-refractivity contribution in [2.75, 3.05) is 10.8 Å². The number of aryl methyl sites for hydroxylation is 1. The van der Waals surface area contributed by atoms with Crippen LogP contribution in [-0.2, 0) is 32.6 Å². The zero-order valence-corrected chi connectivity index (χ0v) is 29.1. The van der Waals surface area contributed by atoms with Gasteiger partial charge < -0.3 is 10.2 Å². The smallest absolute Gasteiger partial charge is 0.264 e. The Kier molecular flexibility index (Phi) is 11.4. The van der Waals surface area contributed by atoms with Crippen molar-refractivity contribution in [3.05, 3.63) is 129 Å². The molecule has 0 aliphatic carbocycles. The number of hydrogen-bond acceptors (Lipinski definition) is 4. The van der Waals surface area contributed by atoms with Gasteiger partial charge in [-0.3, -0.25) is 13.9 Å². The highest BCUT2D eigenvalue weighted by Gasteiger charge is 2.36. The van der Waals surface area contributed by atoms with E-state index >= 15 is 0 Å². The standard InChI is InChI=1S/C35H36Cl3N3O4S/c1-24-14-17-28(18-15-24)46(44,45)41(27-16-19-30(37)31(38)21-27)23-33(42)40(22-26-12-8-9-13-29(26)36)32(34(43)39-35(2,3)4)20-25-10-6-5-7-11-25/h5-19,21,32H,20,22-23H2,1-4H3,(H,39,43)/t32-/m1/s1. The van der Waals surface area contributed by atoms with Crippen LogP contribution in [-0.4, -0.2) is 43.3 Å². The highest BCUT2D eigenvalue weighted by Crippen LogP contribution is 2.31. The van der Waals surface area contributed by atoms with Crippen molar-refractivity contribution in [2.24, 2.45) is 0 Å². The average molecular weight is 701 g/mol. The number of amides is 2. The molecule has 4 aromatic rings. The molecule has 0 saturated carbocycles. The fraction of sp³-hybridized carbons (Fsp3) is 0.257. The number of sulfonamides is 1. The summed E-state index contributed by atoms with van der Waals surface area (Å²) in [6.45, 7) is 6.72. The molecule has 4 rings (SSSR count). The van der Waals surface area contributed by atoms with Crippen LogP contribution < -0.4 is 9.62 Å². The quantitative estimate of drug-likeness (QED) is 0.174. The van der Waals surface area contributed by atoms with Gasteiger partial charge in [0.2, 0.25) is 11.8 Å².